The average Bonchev–Trinajstić information content (AvgIpc) is 3.50. The lowest BCUT2D eigenvalue weighted by molar-refractivity contribution is -0.166. The van der Waals surface area contributed by atoms with E-state index in [9.17, 15) is 65.1 Å². The summed E-state index contributed by atoms with van der Waals surface area (Å²) < 4.78 is 16.5. The zero-order chi connectivity index (χ0) is 37.9. The van der Waals surface area contributed by atoms with Gasteiger partial charge in [0, 0.05) is 24.5 Å². The van der Waals surface area contributed by atoms with Crippen molar-refractivity contribution >= 4 is 30.0 Å². The summed E-state index contributed by atoms with van der Waals surface area (Å²) in [6.07, 6.45) is -3.85. The van der Waals surface area contributed by atoms with Gasteiger partial charge in [0.25, 0.3) is 0 Å². The molecule has 1 aliphatic heterocycles. The summed E-state index contributed by atoms with van der Waals surface area (Å²) >= 11 is 0. The molecule has 1 heterocycles. The van der Waals surface area contributed by atoms with Gasteiger partial charge in [0.1, 0.15) is 12.0 Å². The normalized spacial score (nSPS) is 16.0. The number of phenols is 7. The number of ether oxygens (including phenoxy) is 3. The molecule has 0 saturated carbocycles. The highest BCUT2D eigenvalue weighted by Crippen LogP contribution is 2.53. The number of benzene rings is 4. The van der Waals surface area contributed by atoms with E-state index < -0.39 is 94.8 Å². The first-order valence-corrected chi connectivity index (χ1v) is 15.2. The van der Waals surface area contributed by atoms with Gasteiger partial charge in [-0.05, 0) is 70.8 Å². The standard InChI is InChI=1S/C36H30O16/c37-20-6-1-16(11-24(20)41)13-27(34(45)46)50-29(44)10-5-18-3-9-23(40)33-30(18)31(32(52-33)19-4-8-22(39)26(43)15-19)36(49)51-28(35(47)48)14-17-2-7-21(38)25(42)12-17/h1-12,15,27-28,31-32,37-43H,13-14H2,(H,45,46)(H,47,48)/b10-5+/t27-,28?,31+,32-/m1/s1. The number of esters is 2. The number of hydrogen-bond acceptors (Lipinski definition) is 14. The molecule has 4 atom stereocenters. The van der Waals surface area contributed by atoms with Crippen molar-refractivity contribution < 1.29 is 79.3 Å². The van der Waals surface area contributed by atoms with Gasteiger partial charge >= 0.3 is 23.9 Å². The van der Waals surface area contributed by atoms with Crippen LogP contribution in [0.25, 0.3) is 6.08 Å². The highest BCUT2D eigenvalue weighted by atomic mass is 16.6. The molecule has 16 nitrogen and oxygen atoms in total. The molecular formula is C36H30O16. The lowest BCUT2D eigenvalue weighted by Gasteiger charge is -2.22. The first-order valence-electron chi connectivity index (χ1n) is 15.2. The molecule has 0 saturated heterocycles. The van der Waals surface area contributed by atoms with Crippen molar-refractivity contribution in [2.45, 2.75) is 37.1 Å². The van der Waals surface area contributed by atoms with Gasteiger partial charge in [0.15, 0.2) is 46.0 Å². The zero-order valence-corrected chi connectivity index (χ0v) is 26.6. The maximum Gasteiger partial charge on any atom is 0.345 e. The van der Waals surface area contributed by atoms with Crippen LogP contribution in [0, 0.1) is 0 Å². The smallest absolute Gasteiger partial charge is 0.345 e. The highest BCUT2D eigenvalue weighted by molar-refractivity contribution is 5.92. The number of aliphatic carboxylic acids is 2. The minimum Gasteiger partial charge on any atom is -0.504 e. The molecule has 1 unspecified atom stereocenters. The summed E-state index contributed by atoms with van der Waals surface area (Å²) in [5, 5.41) is 89.1. The van der Waals surface area contributed by atoms with Crippen LogP contribution in [0.2, 0.25) is 0 Å². The van der Waals surface area contributed by atoms with Gasteiger partial charge in [0.2, 0.25) is 12.2 Å². The van der Waals surface area contributed by atoms with Gasteiger partial charge < -0.3 is 60.2 Å². The number of carboxylic acids is 2. The van der Waals surface area contributed by atoms with E-state index in [1.165, 1.54) is 24.3 Å². The third-order valence-electron chi connectivity index (χ3n) is 8.04. The van der Waals surface area contributed by atoms with Crippen LogP contribution in [0.15, 0.2) is 72.8 Å². The first-order chi connectivity index (χ1) is 24.6. The van der Waals surface area contributed by atoms with Crippen molar-refractivity contribution in [3.63, 3.8) is 0 Å². The molecule has 4 aromatic carbocycles. The molecule has 1 aliphatic rings. The van der Waals surface area contributed by atoms with Crippen molar-refractivity contribution in [3.8, 4) is 46.0 Å². The summed E-state index contributed by atoms with van der Waals surface area (Å²) in [4.78, 5) is 50.9. The zero-order valence-electron chi connectivity index (χ0n) is 26.6. The molecule has 0 aliphatic carbocycles. The summed E-state index contributed by atoms with van der Waals surface area (Å²) in [6.45, 7) is 0. The molecule has 4 aromatic rings. The topological polar surface area (TPSA) is 278 Å². The molecule has 52 heavy (non-hydrogen) atoms. The van der Waals surface area contributed by atoms with Gasteiger partial charge in [-0.3, -0.25) is 4.79 Å². The van der Waals surface area contributed by atoms with Crippen LogP contribution in [0.1, 0.15) is 39.8 Å². The van der Waals surface area contributed by atoms with E-state index in [1.807, 2.05) is 0 Å². The molecule has 5 rings (SSSR count). The van der Waals surface area contributed by atoms with Crippen LogP contribution in [0.3, 0.4) is 0 Å². The van der Waals surface area contributed by atoms with Crippen LogP contribution in [0.4, 0.5) is 0 Å². The molecule has 0 amide bonds. The summed E-state index contributed by atoms with van der Waals surface area (Å²) in [7, 11) is 0. The highest BCUT2D eigenvalue weighted by Gasteiger charge is 2.46. The maximum atomic E-state index is 13.9. The number of carbonyl (C=O) groups excluding carboxylic acids is 2. The van der Waals surface area contributed by atoms with Crippen LogP contribution in [0.5, 0.6) is 46.0 Å². The number of carboxylic acid groups (broad SMARTS) is 2. The van der Waals surface area contributed by atoms with Crippen LogP contribution in [-0.4, -0.2) is 82.0 Å². The summed E-state index contributed by atoms with van der Waals surface area (Å²) in [5.74, 6) is -10.8. The second-order valence-electron chi connectivity index (χ2n) is 11.6. The largest absolute Gasteiger partial charge is 0.504 e. The maximum absolute atomic E-state index is 13.9. The number of fused-ring (bicyclic) bond motifs is 1. The number of phenolic OH excluding ortho intramolecular Hbond substituents is 7. The Balaban J connectivity index is 1.47. The van der Waals surface area contributed by atoms with Gasteiger partial charge in [-0.1, -0.05) is 24.3 Å². The molecule has 0 fully saturated rings. The Morgan fingerprint density at radius 1 is 0.635 bits per heavy atom. The predicted molar refractivity (Wildman–Crippen MR) is 175 cm³/mol. The second kappa shape index (κ2) is 14.8. The summed E-state index contributed by atoms with van der Waals surface area (Å²) in [5.41, 5.74) is 0.445. The van der Waals surface area contributed by atoms with E-state index in [-0.39, 0.29) is 40.0 Å². The van der Waals surface area contributed by atoms with Gasteiger partial charge in [-0.2, -0.15) is 0 Å². The number of aromatic hydroxyl groups is 7. The van der Waals surface area contributed by atoms with Crippen molar-refractivity contribution in [1.29, 1.82) is 0 Å². The minimum atomic E-state index is -1.84. The summed E-state index contributed by atoms with van der Waals surface area (Å²) in [6, 6.07) is 13.0. The lowest BCUT2D eigenvalue weighted by Crippen LogP contribution is -2.33. The fourth-order valence-electron chi connectivity index (χ4n) is 5.49. The quantitative estimate of drug-likeness (QED) is 0.0577. The van der Waals surface area contributed by atoms with E-state index >= 15 is 0 Å². The third-order valence-corrected chi connectivity index (χ3v) is 8.04. The van der Waals surface area contributed by atoms with E-state index in [0.29, 0.717) is 0 Å². The second-order valence-corrected chi connectivity index (χ2v) is 11.6. The Hall–Kier alpha value is -7.10. The van der Waals surface area contributed by atoms with E-state index in [4.69, 9.17) is 14.2 Å². The van der Waals surface area contributed by atoms with Crippen molar-refractivity contribution in [1.82, 2.24) is 0 Å². The molecule has 0 radical (unpaired) electrons. The van der Waals surface area contributed by atoms with Crippen molar-refractivity contribution in [2.75, 3.05) is 0 Å². The monoisotopic (exact) mass is 718 g/mol. The van der Waals surface area contributed by atoms with E-state index in [1.54, 1.807) is 0 Å². The number of hydrogen-bond donors (Lipinski definition) is 9. The van der Waals surface area contributed by atoms with Gasteiger partial charge in [0.05, 0.1) is 0 Å². The molecular weight excluding hydrogens is 688 g/mol. The Morgan fingerprint density at radius 2 is 1.13 bits per heavy atom. The van der Waals surface area contributed by atoms with Gasteiger partial charge in [-0.15, -0.1) is 0 Å². The number of carbonyl (C=O) groups is 4. The molecule has 270 valence electrons. The van der Waals surface area contributed by atoms with Crippen LogP contribution >= 0.6 is 0 Å². The molecule has 0 bridgehead atoms. The Labute approximate surface area is 292 Å². The predicted octanol–water partition coefficient (Wildman–Crippen LogP) is 3.33. The SMILES string of the molecule is O=C(/C=C/c1ccc(O)c2c1[C@H](C(=O)OC(Cc1ccc(O)c(O)c1)C(=O)O)[C@@H](c1ccc(O)c(O)c1)O2)O[C@H](Cc1ccc(O)c(O)c1)C(=O)O. The average molecular weight is 719 g/mol. The Kier molecular flexibility index (Phi) is 10.3. The lowest BCUT2D eigenvalue weighted by atomic mass is 9.87. The first kappa shape index (κ1) is 36.2. The fraction of sp³-hybridized carbons (Fsp3) is 0.167. The molecule has 0 aromatic heterocycles. The Bertz CT molecular complexity index is 2090. The van der Waals surface area contributed by atoms with Crippen LogP contribution in [-0.2, 0) is 41.5 Å². The Morgan fingerprint density at radius 3 is 1.65 bits per heavy atom. The molecule has 0 spiro atoms. The van der Waals surface area contributed by atoms with Crippen LogP contribution < -0.4 is 4.74 Å². The molecule has 9 N–H and O–H groups in total. The van der Waals surface area contributed by atoms with Crippen molar-refractivity contribution in [3.05, 3.63) is 101 Å². The van der Waals surface area contributed by atoms with Gasteiger partial charge in [-0.25, -0.2) is 14.4 Å². The van der Waals surface area contributed by atoms with Crippen molar-refractivity contribution in [2.24, 2.45) is 0 Å². The third kappa shape index (κ3) is 7.86. The minimum absolute atomic E-state index is 0.0443. The fourth-order valence-corrected chi connectivity index (χ4v) is 5.49. The van der Waals surface area contributed by atoms with E-state index in [0.717, 1.165) is 54.6 Å². The molecule has 16 heteroatoms. The van der Waals surface area contributed by atoms with E-state index in [2.05, 4.69) is 0 Å². The number of rotatable bonds is 12.